The van der Waals surface area contributed by atoms with Gasteiger partial charge in [0.1, 0.15) is 5.82 Å². The lowest BCUT2D eigenvalue weighted by Crippen LogP contribution is -2.13. The average molecular weight is 314 g/mol. The molecule has 1 fully saturated rings. The first-order chi connectivity index (χ1) is 9.54. The fourth-order valence-corrected chi connectivity index (χ4v) is 2.35. The molecule has 1 aliphatic carbocycles. The number of anilines is 1. The van der Waals surface area contributed by atoms with Gasteiger partial charge in [-0.05, 0) is 25.0 Å². The first kappa shape index (κ1) is 13.4. The topological polar surface area (TPSA) is 57.8 Å². The number of H-pyrrole nitrogens is 1. The third-order valence-electron chi connectivity index (χ3n) is 3.11. The van der Waals surface area contributed by atoms with Gasteiger partial charge in [0.25, 0.3) is 5.91 Å². The molecule has 1 aliphatic rings. The van der Waals surface area contributed by atoms with Gasteiger partial charge in [-0.25, -0.2) is 4.39 Å². The van der Waals surface area contributed by atoms with Crippen molar-refractivity contribution in [2.75, 3.05) is 5.32 Å². The number of benzene rings is 1. The first-order valence-corrected chi connectivity index (χ1v) is 6.81. The largest absolute Gasteiger partial charge is 0.305 e. The van der Waals surface area contributed by atoms with E-state index < -0.39 is 11.7 Å². The van der Waals surface area contributed by atoms with Crippen molar-refractivity contribution in [3.05, 3.63) is 45.3 Å². The van der Waals surface area contributed by atoms with Crippen LogP contribution in [-0.4, -0.2) is 16.1 Å². The van der Waals surface area contributed by atoms with E-state index >= 15 is 0 Å². The van der Waals surface area contributed by atoms with Crippen molar-refractivity contribution >= 4 is 34.9 Å². The molecule has 2 N–H and O–H groups in total. The van der Waals surface area contributed by atoms with Crippen molar-refractivity contribution < 1.29 is 9.18 Å². The Balaban J connectivity index is 1.79. The molecule has 1 amide bonds. The second-order valence-electron chi connectivity index (χ2n) is 4.68. The zero-order valence-corrected chi connectivity index (χ0v) is 11.7. The number of aromatic nitrogens is 2. The summed E-state index contributed by atoms with van der Waals surface area (Å²) >= 11 is 11.5. The van der Waals surface area contributed by atoms with Crippen LogP contribution in [0.3, 0.4) is 0 Å². The van der Waals surface area contributed by atoms with Gasteiger partial charge in [0, 0.05) is 17.7 Å². The minimum Gasteiger partial charge on any atom is -0.305 e. The number of carbonyl (C=O) groups excluding carboxylic acids is 1. The molecular formula is C13H10Cl2FN3O. The summed E-state index contributed by atoms with van der Waals surface area (Å²) in [5.74, 6) is -0.325. The lowest BCUT2D eigenvalue weighted by Gasteiger charge is -2.05. The van der Waals surface area contributed by atoms with Crippen molar-refractivity contribution in [2.45, 2.75) is 18.8 Å². The molecule has 0 saturated heterocycles. The fourth-order valence-electron chi connectivity index (χ4n) is 1.88. The Labute approximate surface area is 124 Å². The van der Waals surface area contributed by atoms with Gasteiger partial charge < -0.3 is 5.32 Å². The second kappa shape index (κ2) is 5.07. The maximum atomic E-state index is 13.4. The number of rotatable bonds is 3. The molecule has 0 aliphatic heterocycles. The monoisotopic (exact) mass is 313 g/mol. The van der Waals surface area contributed by atoms with E-state index in [0.717, 1.165) is 24.6 Å². The molecule has 1 aromatic carbocycles. The second-order valence-corrected chi connectivity index (χ2v) is 5.50. The highest BCUT2D eigenvalue weighted by Gasteiger charge is 2.26. The molecule has 4 nitrogen and oxygen atoms in total. The van der Waals surface area contributed by atoms with Gasteiger partial charge in [0.15, 0.2) is 5.82 Å². The number of hydrogen-bond donors (Lipinski definition) is 2. The fraction of sp³-hybridized carbons (Fsp3) is 0.231. The van der Waals surface area contributed by atoms with Gasteiger partial charge >= 0.3 is 0 Å². The highest BCUT2D eigenvalue weighted by molar-refractivity contribution is 6.37. The summed E-state index contributed by atoms with van der Waals surface area (Å²) in [6.07, 6.45) is 2.26. The van der Waals surface area contributed by atoms with Crippen LogP contribution in [0.25, 0.3) is 0 Å². The zero-order valence-electron chi connectivity index (χ0n) is 10.2. The molecule has 0 spiro atoms. The summed E-state index contributed by atoms with van der Waals surface area (Å²) in [7, 11) is 0. The maximum Gasteiger partial charge on any atom is 0.258 e. The third-order valence-corrected chi connectivity index (χ3v) is 3.71. The first-order valence-electron chi connectivity index (χ1n) is 6.06. The number of hydrogen-bond acceptors (Lipinski definition) is 2. The van der Waals surface area contributed by atoms with Crippen molar-refractivity contribution in [2.24, 2.45) is 0 Å². The predicted molar refractivity (Wildman–Crippen MR) is 74.9 cm³/mol. The minimum atomic E-state index is -0.693. The standard InChI is InChI=1S/C13H10Cl2FN3O/c14-8-4-9(15)10(16)3-7(8)13(20)17-12-5-11(18-19-12)6-1-2-6/h3-6H,1-2H2,(H2,17,18,19,20). The predicted octanol–water partition coefficient (Wildman–Crippen LogP) is 3.99. The molecule has 104 valence electrons. The summed E-state index contributed by atoms with van der Waals surface area (Å²) < 4.78 is 13.4. The highest BCUT2D eigenvalue weighted by atomic mass is 35.5. The zero-order chi connectivity index (χ0) is 14.3. The van der Waals surface area contributed by atoms with E-state index in [1.165, 1.54) is 6.07 Å². The van der Waals surface area contributed by atoms with E-state index in [1.807, 2.05) is 0 Å². The van der Waals surface area contributed by atoms with Crippen LogP contribution in [0, 0.1) is 5.82 Å². The molecule has 2 aromatic rings. The van der Waals surface area contributed by atoms with Crippen LogP contribution in [0.1, 0.15) is 34.8 Å². The quantitative estimate of drug-likeness (QED) is 0.842. The van der Waals surface area contributed by atoms with E-state index in [0.29, 0.717) is 11.7 Å². The van der Waals surface area contributed by atoms with Crippen LogP contribution in [0.5, 0.6) is 0 Å². The molecule has 1 saturated carbocycles. The van der Waals surface area contributed by atoms with Gasteiger partial charge in [-0.15, -0.1) is 0 Å². The molecule has 1 heterocycles. The highest BCUT2D eigenvalue weighted by Crippen LogP contribution is 2.39. The van der Waals surface area contributed by atoms with Gasteiger partial charge in [0.05, 0.1) is 15.6 Å². The van der Waals surface area contributed by atoms with E-state index in [-0.39, 0.29) is 15.6 Å². The average Bonchev–Trinajstić information content (AvgIpc) is 3.15. The van der Waals surface area contributed by atoms with Gasteiger partial charge in [0.2, 0.25) is 0 Å². The Bertz CT molecular complexity index is 682. The normalized spacial score (nSPS) is 14.3. The van der Waals surface area contributed by atoms with Crippen LogP contribution in [0.15, 0.2) is 18.2 Å². The van der Waals surface area contributed by atoms with Crippen LogP contribution < -0.4 is 5.32 Å². The number of halogens is 3. The molecule has 0 bridgehead atoms. The number of nitrogens with one attached hydrogen (secondary N) is 2. The Kier molecular flexibility index (Phi) is 3.40. The molecule has 0 radical (unpaired) electrons. The number of aromatic amines is 1. The molecular weight excluding hydrogens is 304 g/mol. The third kappa shape index (κ3) is 2.64. The summed E-state index contributed by atoms with van der Waals surface area (Å²) in [4.78, 5) is 12.0. The van der Waals surface area contributed by atoms with E-state index in [1.54, 1.807) is 6.07 Å². The van der Waals surface area contributed by atoms with Gasteiger partial charge in [-0.2, -0.15) is 5.10 Å². The Morgan fingerprint density at radius 3 is 2.75 bits per heavy atom. The van der Waals surface area contributed by atoms with Crippen LogP contribution in [-0.2, 0) is 0 Å². The molecule has 0 atom stereocenters. The summed E-state index contributed by atoms with van der Waals surface area (Å²) in [5.41, 5.74) is 1.01. The summed E-state index contributed by atoms with van der Waals surface area (Å²) in [6.45, 7) is 0. The maximum absolute atomic E-state index is 13.4. The van der Waals surface area contributed by atoms with E-state index in [9.17, 15) is 9.18 Å². The summed E-state index contributed by atoms with van der Waals surface area (Å²) in [6, 6.07) is 3.98. The number of amides is 1. The Morgan fingerprint density at radius 2 is 2.05 bits per heavy atom. The number of carbonyl (C=O) groups is 1. The molecule has 1 aromatic heterocycles. The minimum absolute atomic E-state index is 0.0181. The summed E-state index contributed by atoms with van der Waals surface area (Å²) in [5, 5.41) is 9.40. The van der Waals surface area contributed by atoms with Crippen molar-refractivity contribution in [3.63, 3.8) is 0 Å². The molecule has 20 heavy (non-hydrogen) atoms. The Hall–Kier alpha value is -1.59. The SMILES string of the molecule is O=C(Nc1cc(C2CC2)[nH]n1)c1cc(F)c(Cl)cc1Cl. The van der Waals surface area contributed by atoms with Gasteiger partial charge in [-0.1, -0.05) is 23.2 Å². The number of nitrogens with zero attached hydrogens (tertiary/aromatic N) is 1. The van der Waals surface area contributed by atoms with Crippen LogP contribution >= 0.6 is 23.2 Å². The van der Waals surface area contributed by atoms with Crippen molar-refractivity contribution in [1.82, 2.24) is 10.2 Å². The lowest BCUT2D eigenvalue weighted by atomic mass is 10.2. The molecule has 7 heteroatoms. The smallest absolute Gasteiger partial charge is 0.258 e. The Morgan fingerprint density at radius 1 is 1.30 bits per heavy atom. The molecule has 3 rings (SSSR count). The molecule has 0 unspecified atom stereocenters. The van der Waals surface area contributed by atoms with Crippen molar-refractivity contribution in [3.8, 4) is 0 Å². The van der Waals surface area contributed by atoms with E-state index in [4.69, 9.17) is 23.2 Å². The van der Waals surface area contributed by atoms with Gasteiger partial charge in [-0.3, -0.25) is 9.89 Å². The van der Waals surface area contributed by atoms with Crippen LogP contribution in [0.2, 0.25) is 10.0 Å². The lowest BCUT2D eigenvalue weighted by molar-refractivity contribution is 0.102. The van der Waals surface area contributed by atoms with E-state index in [2.05, 4.69) is 15.5 Å². The van der Waals surface area contributed by atoms with Crippen LogP contribution in [0.4, 0.5) is 10.2 Å². The van der Waals surface area contributed by atoms with Crippen molar-refractivity contribution in [1.29, 1.82) is 0 Å².